The van der Waals surface area contributed by atoms with Gasteiger partial charge in [-0.25, -0.2) is 4.39 Å². The highest BCUT2D eigenvalue weighted by molar-refractivity contribution is 7.71. The molecule has 1 unspecified atom stereocenters. The number of hydrazine groups is 1. The van der Waals surface area contributed by atoms with Crippen LogP contribution in [0, 0.1) is 10.6 Å². The molecule has 3 N–H and O–H groups in total. The third-order valence-corrected chi connectivity index (χ3v) is 4.82. The van der Waals surface area contributed by atoms with Gasteiger partial charge in [0.25, 0.3) is 5.91 Å². The van der Waals surface area contributed by atoms with Crippen LogP contribution in [0.1, 0.15) is 13.3 Å². The van der Waals surface area contributed by atoms with Gasteiger partial charge in [-0.2, -0.15) is 5.10 Å². The summed E-state index contributed by atoms with van der Waals surface area (Å²) in [5.74, 6) is -0.428. The van der Waals surface area contributed by atoms with E-state index in [-0.39, 0.29) is 18.7 Å². The Balaban J connectivity index is 1.53. The van der Waals surface area contributed by atoms with Crippen molar-refractivity contribution < 1.29 is 23.5 Å². The van der Waals surface area contributed by atoms with Gasteiger partial charge in [-0.15, -0.1) is 0 Å². The number of para-hydroxylation sites is 1. The Morgan fingerprint density at radius 3 is 2.59 bits per heavy atom. The monoisotopic (exact) mass is 459 g/mol. The van der Waals surface area contributed by atoms with Gasteiger partial charge in [0.2, 0.25) is 5.91 Å². The van der Waals surface area contributed by atoms with Gasteiger partial charge in [0.05, 0.1) is 7.11 Å². The van der Waals surface area contributed by atoms with E-state index in [9.17, 15) is 14.0 Å². The quantitative estimate of drug-likeness (QED) is 0.353. The highest BCUT2D eigenvalue weighted by Crippen LogP contribution is 2.21. The number of methoxy groups -OCH3 is 1. The van der Waals surface area contributed by atoms with E-state index in [4.69, 9.17) is 21.7 Å². The second-order valence-corrected chi connectivity index (χ2v) is 7.10. The van der Waals surface area contributed by atoms with Crippen LogP contribution in [-0.4, -0.2) is 39.8 Å². The molecule has 3 rings (SSSR count). The van der Waals surface area contributed by atoms with Crippen molar-refractivity contribution in [2.45, 2.75) is 26.0 Å². The normalized spacial score (nSPS) is 11.5. The lowest BCUT2D eigenvalue weighted by Crippen LogP contribution is -2.47. The molecule has 32 heavy (non-hydrogen) atoms. The Morgan fingerprint density at radius 1 is 1.19 bits per heavy atom. The fourth-order valence-electron chi connectivity index (χ4n) is 2.78. The molecule has 0 radical (unpaired) electrons. The first-order valence-electron chi connectivity index (χ1n) is 9.68. The first-order valence-corrected chi connectivity index (χ1v) is 10.1. The average Bonchev–Trinajstić information content (AvgIpc) is 3.17. The molecule has 0 aliphatic heterocycles. The number of aromatic amines is 1. The van der Waals surface area contributed by atoms with Crippen molar-refractivity contribution in [1.29, 1.82) is 0 Å². The first-order chi connectivity index (χ1) is 15.4. The minimum atomic E-state index is -1.02. The Morgan fingerprint density at radius 2 is 1.91 bits per heavy atom. The summed E-state index contributed by atoms with van der Waals surface area (Å²) in [5.41, 5.74) is 5.38. The van der Waals surface area contributed by atoms with E-state index in [1.807, 2.05) is 12.1 Å². The van der Waals surface area contributed by atoms with Crippen molar-refractivity contribution in [3.63, 3.8) is 0 Å². The predicted molar refractivity (Wildman–Crippen MR) is 117 cm³/mol. The van der Waals surface area contributed by atoms with Crippen LogP contribution in [0.3, 0.4) is 0 Å². The molecule has 0 fully saturated rings. The van der Waals surface area contributed by atoms with Gasteiger partial charge in [0, 0.05) is 18.5 Å². The van der Waals surface area contributed by atoms with Crippen LogP contribution in [0.15, 0.2) is 48.5 Å². The van der Waals surface area contributed by atoms with Crippen LogP contribution in [-0.2, 0) is 16.1 Å². The highest BCUT2D eigenvalue weighted by atomic mass is 32.1. The summed E-state index contributed by atoms with van der Waals surface area (Å²) in [6.45, 7) is 1.68. The Kier molecular flexibility index (Phi) is 7.55. The topological polar surface area (TPSA) is 110 Å². The molecule has 2 aromatic carbocycles. The van der Waals surface area contributed by atoms with Crippen molar-refractivity contribution in [1.82, 2.24) is 25.6 Å². The Labute approximate surface area is 188 Å². The molecule has 2 amide bonds. The number of nitrogens with one attached hydrogen (secondary N) is 3. The van der Waals surface area contributed by atoms with Gasteiger partial charge in [-0.1, -0.05) is 12.1 Å². The number of carbonyl (C=O) groups excluding carboxylic acids is 2. The predicted octanol–water partition coefficient (Wildman–Crippen LogP) is 2.76. The molecule has 1 aromatic heterocycles. The molecular formula is C21H22FN5O4S. The fraction of sp³-hybridized carbons (Fsp3) is 0.238. The maximum atomic E-state index is 13.6. The van der Waals surface area contributed by atoms with Crippen molar-refractivity contribution in [2.75, 3.05) is 7.11 Å². The summed E-state index contributed by atoms with van der Waals surface area (Å²) < 4.78 is 26.1. The summed E-state index contributed by atoms with van der Waals surface area (Å²) in [6, 6.07) is 13.0. The number of carbonyl (C=O) groups is 2. The van der Waals surface area contributed by atoms with Gasteiger partial charge in [-0.3, -0.25) is 30.1 Å². The molecule has 9 nitrogen and oxygen atoms in total. The maximum Gasteiger partial charge on any atom is 0.279 e. The highest BCUT2D eigenvalue weighted by Gasteiger charge is 2.17. The van der Waals surface area contributed by atoms with Crippen molar-refractivity contribution in [3.8, 4) is 22.9 Å². The molecule has 0 bridgehead atoms. The van der Waals surface area contributed by atoms with Gasteiger partial charge in [0.15, 0.2) is 28.3 Å². The number of nitrogens with zero attached hydrogens (tertiary/aromatic N) is 2. The number of aromatic nitrogens is 3. The number of hydrogen-bond donors (Lipinski definition) is 3. The molecule has 0 saturated heterocycles. The third kappa shape index (κ3) is 5.70. The lowest BCUT2D eigenvalue weighted by Gasteiger charge is -2.15. The second kappa shape index (κ2) is 10.5. The Bertz CT molecular complexity index is 1150. The van der Waals surface area contributed by atoms with E-state index in [1.165, 1.54) is 25.1 Å². The van der Waals surface area contributed by atoms with Crippen LogP contribution in [0.2, 0.25) is 0 Å². The van der Waals surface area contributed by atoms with Crippen LogP contribution in [0.25, 0.3) is 11.4 Å². The van der Waals surface area contributed by atoms with E-state index in [0.29, 0.717) is 16.3 Å². The first kappa shape index (κ1) is 22.9. The fourth-order valence-corrected chi connectivity index (χ4v) is 3.00. The van der Waals surface area contributed by atoms with Crippen molar-refractivity contribution in [2.24, 2.45) is 0 Å². The molecule has 0 spiro atoms. The molecule has 0 aliphatic carbocycles. The summed E-state index contributed by atoms with van der Waals surface area (Å²) >= 11 is 5.26. The van der Waals surface area contributed by atoms with E-state index >= 15 is 0 Å². The number of H-pyrrole nitrogens is 1. The summed E-state index contributed by atoms with van der Waals surface area (Å²) in [4.78, 5) is 24.3. The lowest BCUT2D eigenvalue weighted by atomic mass is 10.2. The SMILES string of the molecule is COc1ccc(-c2n[nH]c(=S)n2CCC(=O)NNC(=O)C(C)Oc2ccccc2F)cc1. The molecule has 1 heterocycles. The zero-order chi connectivity index (χ0) is 23.1. The van der Waals surface area contributed by atoms with E-state index < -0.39 is 23.7 Å². The minimum Gasteiger partial charge on any atom is -0.497 e. The molecular weight excluding hydrogens is 437 g/mol. The van der Waals surface area contributed by atoms with E-state index in [1.54, 1.807) is 29.9 Å². The summed E-state index contributed by atoms with van der Waals surface area (Å²) in [5, 5.41) is 6.94. The number of ether oxygens (including phenoxy) is 2. The molecule has 0 aliphatic rings. The van der Waals surface area contributed by atoms with E-state index in [0.717, 1.165) is 5.56 Å². The van der Waals surface area contributed by atoms with Crippen LogP contribution in [0.4, 0.5) is 4.39 Å². The van der Waals surface area contributed by atoms with Crippen LogP contribution in [0.5, 0.6) is 11.5 Å². The molecule has 0 saturated carbocycles. The van der Waals surface area contributed by atoms with Crippen molar-refractivity contribution >= 4 is 24.0 Å². The Hall–Kier alpha value is -3.73. The second-order valence-electron chi connectivity index (χ2n) is 6.71. The number of benzene rings is 2. The molecule has 3 aromatic rings. The zero-order valence-electron chi connectivity index (χ0n) is 17.4. The van der Waals surface area contributed by atoms with Crippen molar-refractivity contribution in [3.05, 3.63) is 59.1 Å². The molecule has 1 atom stereocenters. The number of rotatable bonds is 8. The molecule has 11 heteroatoms. The third-order valence-electron chi connectivity index (χ3n) is 4.50. The number of halogens is 1. The van der Waals surface area contributed by atoms with E-state index in [2.05, 4.69) is 21.0 Å². The number of hydrogen-bond acceptors (Lipinski definition) is 6. The minimum absolute atomic E-state index is 0.0276. The van der Waals surface area contributed by atoms with Gasteiger partial charge in [0.1, 0.15) is 5.75 Å². The average molecular weight is 460 g/mol. The number of amides is 2. The summed E-state index contributed by atoms with van der Waals surface area (Å²) in [6.07, 6.45) is -0.990. The van der Waals surface area contributed by atoms with Gasteiger partial charge >= 0.3 is 0 Å². The van der Waals surface area contributed by atoms with Gasteiger partial charge < -0.3 is 9.47 Å². The molecule has 168 valence electrons. The van der Waals surface area contributed by atoms with Gasteiger partial charge in [-0.05, 0) is 55.5 Å². The smallest absolute Gasteiger partial charge is 0.279 e. The summed E-state index contributed by atoms with van der Waals surface area (Å²) in [7, 11) is 1.58. The lowest BCUT2D eigenvalue weighted by molar-refractivity contribution is -0.132. The largest absolute Gasteiger partial charge is 0.497 e. The van der Waals surface area contributed by atoms with Crippen LogP contribution >= 0.6 is 12.2 Å². The van der Waals surface area contributed by atoms with Crippen LogP contribution < -0.4 is 20.3 Å². The zero-order valence-corrected chi connectivity index (χ0v) is 18.2. The standard InChI is InChI=1S/C21H22FN5O4S/c1-13(31-17-6-4-3-5-16(17)22)20(29)25-23-18(28)11-12-27-19(24-26-21(27)32)14-7-9-15(30-2)10-8-14/h3-10,13H,11-12H2,1-2H3,(H,23,28)(H,25,29)(H,26,32). The maximum absolute atomic E-state index is 13.6.